The van der Waals surface area contributed by atoms with Gasteiger partial charge in [0.25, 0.3) is 10.0 Å². The molecule has 0 bridgehead atoms. The molecular weight excluding hydrogens is 281 g/mol. The lowest BCUT2D eigenvalue weighted by Gasteiger charge is -2.19. The lowest BCUT2D eigenvalue weighted by Crippen LogP contribution is -2.27. The molecule has 0 unspecified atom stereocenters. The second kappa shape index (κ2) is 5.09. The molecule has 2 rings (SSSR count). The molecule has 0 spiro atoms. The fraction of sp³-hybridized carbons (Fsp3) is 0.154. The average molecular weight is 295 g/mol. The Balaban J connectivity index is 2.51. The number of hydrogen-bond donors (Lipinski definition) is 1. The summed E-state index contributed by atoms with van der Waals surface area (Å²) in [7, 11) is -2.51. The Morgan fingerprint density at radius 3 is 2.60 bits per heavy atom. The molecule has 0 radical (unpaired) electrons. The van der Waals surface area contributed by atoms with Crippen molar-refractivity contribution >= 4 is 21.4 Å². The van der Waals surface area contributed by atoms with E-state index in [-0.39, 0.29) is 16.1 Å². The van der Waals surface area contributed by atoms with Crippen molar-refractivity contribution in [3.63, 3.8) is 0 Å². The van der Waals surface area contributed by atoms with Gasteiger partial charge in [0.1, 0.15) is 5.82 Å². The van der Waals surface area contributed by atoms with Crippen molar-refractivity contribution < 1.29 is 12.8 Å². The fourth-order valence-electron chi connectivity index (χ4n) is 1.66. The molecule has 1 aromatic heterocycles. The van der Waals surface area contributed by atoms with E-state index in [9.17, 15) is 12.8 Å². The Labute approximate surface area is 116 Å². The number of rotatable bonds is 3. The van der Waals surface area contributed by atoms with E-state index in [0.717, 1.165) is 10.4 Å². The zero-order valence-electron chi connectivity index (χ0n) is 11.0. The topological polar surface area (TPSA) is 76.3 Å². The molecule has 20 heavy (non-hydrogen) atoms. The molecule has 5 nitrogen and oxygen atoms in total. The lowest BCUT2D eigenvalue weighted by molar-refractivity contribution is 0.588. The molecule has 106 valence electrons. The molecule has 0 fully saturated rings. The Morgan fingerprint density at radius 1 is 1.35 bits per heavy atom. The SMILES string of the molecule is Cc1c(N)cc(S(=O)(=O)N(C)c2cccnc2)cc1F. The highest BCUT2D eigenvalue weighted by atomic mass is 32.2. The highest BCUT2D eigenvalue weighted by molar-refractivity contribution is 7.92. The molecule has 0 aliphatic heterocycles. The van der Waals surface area contributed by atoms with E-state index in [2.05, 4.69) is 4.98 Å². The molecule has 1 heterocycles. The third-order valence-electron chi connectivity index (χ3n) is 3.03. The molecule has 1 aromatic carbocycles. The molecule has 0 aliphatic rings. The highest BCUT2D eigenvalue weighted by Gasteiger charge is 2.23. The normalized spacial score (nSPS) is 11.3. The summed E-state index contributed by atoms with van der Waals surface area (Å²) in [5.41, 5.74) is 6.33. The van der Waals surface area contributed by atoms with Crippen molar-refractivity contribution in [2.75, 3.05) is 17.1 Å². The van der Waals surface area contributed by atoms with E-state index < -0.39 is 15.8 Å². The average Bonchev–Trinajstić information content (AvgIpc) is 2.44. The van der Waals surface area contributed by atoms with E-state index in [1.807, 2.05) is 0 Å². The first-order valence-electron chi connectivity index (χ1n) is 5.78. The van der Waals surface area contributed by atoms with Gasteiger partial charge in [-0.15, -0.1) is 0 Å². The number of aromatic nitrogens is 1. The van der Waals surface area contributed by atoms with Crippen molar-refractivity contribution in [3.8, 4) is 0 Å². The van der Waals surface area contributed by atoms with Crippen LogP contribution in [0.15, 0.2) is 41.6 Å². The van der Waals surface area contributed by atoms with E-state index in [1.165, 1.54) is 32.4 Å². The van der Waals surface area contributed by atoms with Gasteiger partial charge in [0, 0.05) is 24.5 Å². The maximum absolute atomic E-state index is 13.7. The van der Waals surface area contributed by atoms with E-state index >= 15 is 0 Å². The quantitative estimate of drug-likeness (QED) is 0.878. The number of anilines is 2. The number of nitrogens with zero attached hydrogens (tertiary/aromatic N) is 2. The molecular formula is C13H14FN3O2S. The van der Waals surface area contributed by atoms with Gasteiger partial charge in [-0.3, -0.25) is 9.29 Å². The van der Waals surface area contributed by atoms with Gasteiger partial charge in [0.2, 0.25) is 0 Å². The number of nitrogens with two attached hydrogens (primary N) is 1. The zero-order valence-corrected chi connectivity index (χ0v) is 11.9. The van der Waals surface area contributed by atoms with Gasteiger partial charge < -0.3 is 5.73 Å². The summed E-state index contributed by atoms with van der Waals surface area (Å²) in [5.74, 6) is -0.650. The van der Waals surface area contributed by atoms with Crippen molar-refractivity contribution in [2.24, 2.45) is 0 Å². The molecule has 0 saturated carbocycles. The zero-order chi connectivity index (χ0) is 14.9. The van der Waals surface area contributed by atoms with Gasteiger partial charge in [0.05, 0.1) is 16.8 Å². The Morgan fingerprint density at radius 2 is 2.05 bits per heavy atom. The largest absolute Gasteiger partial charge is 0.398 e. The standard InChI is InChI=1S/C13H14FN3O2S/c1-9-12(14)6-11(7-13(9)15)20(18,19)17(2)10-4-3-5-16-8-10/h3-8H,15H2,1-2H3. The molecule has 0 atom stereocenters. The smallest absolute Gasteiger partial charge is 0.264 e. The van der Waals surface area contributed by atoms with Crippen LogP contribution in [0.1, 0.15) is 5.56 Å². The Kier molecular flexibility index (Phi) is 3.63. The van der Waals surface area contributed by atoms with Gasteiger partial charge in [-0.05, 0) is 31.2 Å². The first-order chi connectivity index (χ1) is 9.34. The second-order valence-corrected chi connectivity index (χ2v) is 6.27. The van der Waals surface area contributed by atoms with Crippen molar-refractivity contribution in [2.45, 2.75) is 11.8 Å². The molecule has 2 aromatic rings. The Hall–Kier alpha value is -2.15. The van der Waals surface area contributed by atoms with E-state index in [0.29, 0.717) is 5.69 Å². The monoisotopic (exact) mass is 295 g/mol. The van der Waals surface area contributed by atoms with Crippen LogP contribution in [-0.4, -0.2) is 20.4 Å². The number of pyridine rings is 1. The summed E-state index contributed by atoms with van der Waals surface area (Å²) in [5, 5.41) is 0. The van der Waals surface area contributed by atoms with Crippen molar-refractivity contribution in [1.29, 1.82) is 0 Å². The van der Waals surface area contributed by atoms with Crippen LogP contribution in [-0.2, 0) is 10.0 Å². The van der Waals surface area contributed by atoms with Crippen LogP contribution in [0.3, 0.4) is 0 Å². The van der Waals surface area contributed by atoms with Crippen molar-refractivity contribution in [1.82, 2.24) is 4.98 Å². The second-order valence-electron chi connectivity index (χ2n) is 4.30. The molecule has 0 saturated heterocycles. The molecule has 0 amide bonds. The van der Waals surface area contributed by atoms with Crippen molar-refractivity contribution in [3.05, 3.63) is 48.0 Å². The maximum atomic E-state index is 13.7. The lowest BCUT2D eigenvalue weighted by atomic mass is 10.2. The summed E-state index contributed by atoms with van der Waals surface area (Å²) < 4.78 is 39.5. The number of benzene rings is 1. The summed E-state index contributed by atoms with van der Waals surface area (Å²) >= 11 is 0. The minimum absolute atomic E-state index is 0.100. The van der Waals surface area contributed by atoms with Crippen LogP contribution in [0.2, 0.25) is 0 Å². The molecule has 2 N–H and O–H groups in total. The van der Waals surface area contributed by atoms with Crippen LogP contribution < -0.4 is 10.0 Å². The first-order valence-corrected chi connectivity index (χ1v) is 7.22. The predicted octanol–water partition coefficient (Wildman–Crippen LogP) is 1.94. The van der Waals surface area contributed by atoms with Crippen LogP contribution in [0.4, 0.5) is 15.8 Å². The summed E-state index contributed by atoms with van der Waals surface area (Å²) in [4.78, 5) is 3.67. The van der Waals surface area contributed by atoms with Crippen LogP contribution >= 0.6 is 0 Å². The minimum atomic E-state index is -3.88. The summed E-state index contributed by atoms with van der Waals surface area (Å²) in [6.45, 7) is 1.49. The third-order valence-corrected chi connectivity index (χ3v) is 4.79. The highest BCUT2D eigenvalue weighted by Crippen LogP contribution is 2.25. The van der Waals surface area contributed by atoms with Gasteiger partial charge in [-0.1, -0.05) is 0 Å². The van der Waals surface area contributed by atoms with E-state index in [4.69, 9.17) is 5.73 Å². The first kappa shape index (κ1) is 14.3. The van der Waals surface area contributed by atoms with Crippen LogP contribution in [0.5, 0.6) is 0 Å². The minimum Gasteiger partial charge on any atom is -0.398 e. The van der Waals surface area contributed by atoms with Gasteiger partial charge >= 0.3 is 0 Å². The summed E-state index contributed by atoms with van der Waals surface area (Å²) in [6, 6.07) is 5.43. The fourth-order valence-corrected chi connectivity index (χ4v) is 2.89. The molecule has 7 heteroatoms. The maximum Gasteiger partial charge on any atom is 0.264 e. The van der Waals surface area contributed by atoms with E-state index in [1.54, 1.807) is 12.1 Å². The number of halogens is 1. The van der Waals surface area contributed by atoms with Crippen LogP contribution in [0, 0.1) is 12.7 Å². The number of nitrogen functional groups attached to an aromatic ring is 1. The predicted molar refractivity (Wildman–Crippen MR) is 75.4 cm³/mol. The molecule has 0 aliphatic carbocycles. The summed E-state index contributed by atoms with van der Waals surface area (Å²) in [6.07, 6.45) is 2.94. The third kappa shape index (κ3) is 2.44. The number of sulfonamides is 1. The van der Waals surface area contributed by atoms with Gasteiger partial charge in [0.15, 0.2) is 0 Å². The van der Waals surface area contributed by atoms with Gasteiger partial charge in [-0.25, -0.2) is 12.8 Å². The van der Waals surface area contributed by atoms with Gasteiger partial charge in [-0.2, -0.15) is 0 Å². The number of hydrogen-bond acceptors (Lipinski definition) is 4. The Bertz CT molecular complexity index is 710. The van der Waals surface area contributed by atoms with Crippen LogP contribution in [0.25, 0.3) is 0 Å².